The van der Waals surface area contributed by atoms with E-state index < -0.39 is 14.8 Å². The molecule has 11 aliphatic carbocycles. The molecule has 33 heteroatoms. The molecule has 5 aliphatic heterocycles. The summed E-state index contributed by atoms with van der Waals surface area (Å²) in [6.07, 6.45) is 24.6. The van der Waals surface area contributed by atoms with Crippen LogP contribution in [0.1, 0.15) is 130 Å². The normalized spacial score (nSPS) is 47.5. The van der Waals surface area contributed by atoms with Crippen LogP contribution in [0.2, 0.25) is 12.1 Å². The molecule has 16 fully saturated rings. The molecule has 0 N–H and O–H groups in total. The van der Waals surface area contributed by atoms with Crippen molar-refractivity contribution in [3.05, 3.63) is 0 Å². The van der Waals surface area contributed by atoms with Crippen LogP contribution < -0.4 is 0 Å². The van der Waals surface area contributed by atoms with Gasteiger partial charge in [0.2, 0.25) is 0 Å². The van der Waals surface area contributed by atoms with Crippen molar-refractivity contribution in [1.82, 2.24) is 0 Å². The van der Waals surface area contributed by atoms with Crippen molar-refractivity contribution in [3.8, 4) is 0 Å². The summed E-state index contributed by atoms with van der Waals surface area (Å²) in [5.74, 6) is 17.1. The average Bonchev–Trinajstić information content (AvgIpc) is 2.07. The van der Waals surface area contributed by atoms with Gasteiger partial charge in [-0.15, -0.1) is 33.2 Å². The van der Waals surface area contributed by atoms with Gasteiger partial charge in [-0.25, -0.2) is 0 Å². The average molecular weight is 1720 g/mol. The zero-order valence-electron chi connectivity index (χ0n) is 48.6. The first-order valence-electron chi connectivity index (χ1n) is 30.7. The molecule has 26 atom stereocenters. The zero-order valence-corrected chi connectivity index (χ0v) is 73.3. The predicted octanol–water partition coefficient (Wildman–Crippen LogP) is 28.2. The number of hydrogen-bond donors (Lipinski definition) is 0. The Labute approximate surface area is 623 Å². The largest absolute Gasteiger partial charge is 0.500 e. The monoisotopic (exact) mass is 1720 g/mol. The molecule has 0 aromatic heterocycles. The van der Waals surface area contributed by atoms with Gasteiger partial charge < -0.3 is 13.3 Å². The van der Waals surface area contributed by atoms with E-state index >= 15 is 0 Å². The lowest BCUT2D eigenvalue weighted by Gasteiger charge is -2.35. The molecule has 5 saturated heterocycles. The number of hydrogen-bond acceptors (Lipinski definition) is 28. The summed E-state index contributed by atoms with van der Waals surface area (Å²) in [4.78, 5) is 0. The van der Waals surface area contributed by atoms with E-state index in [1.54, 1.807) is 66.3 Å². The second-order valence-electron chi connectivity index (χ2n) is 26.3. The maximum absolute atomic E-state index is 6.03. The second kappa shape index (κ2) is 36.1. The molecular weight excluding hydrogens is 1640 g/mol. The fourth-order valence-electron chi connectivity index (χ4n) is 19.1. The summed E-state index contributed by atoms with van der Waals surface area (Å²) in [5.41, 5.74) is 0. The van der Waals surface area contributed by atoms with Crippen LogP contribution in [0.25, 0.3) is 0 Å². The van der Waals surface area contributed by atoms with Gasteiger partial charge in [-0.05, 0) is 338 Å². The topological polar surface area (TPSA) is 27.7 Å². The summed E-state index contributed by atoms with van der Waals surface area (Å²) in [5, 5.41) is 9.27. The summed E-state index contributed by atoms with van der Waals surface area (Å²) in [6, 6.07) is -0.615. The highest BCUT2D eigenvalue weighted by Crippen LogP contribution is 2.74. The van der Waals surface area contributed by atoms with Crippen molar-refractivity contribution in [2.45, 2.75) is 195 Å². The lowest BCUT2D eigenvalue weighted by atomic mass is 9.81. The first-order chi connectivity index (χ1) is 41.4. The molecule has 5 heterocycles. The molecular formula is C52H83Cl3O3S25Si2. The van der Waals surface area contributed by atoms with Crippen molar-refractivity contribution >= 4 is 303 Å². The Bertz CT molecular complexity index is 2020. The summed E-state index contributed by atoms with van der Waals surface area (Å²) >= 11 is 18.1. The van der Waals surface area contributed by atoms with Crippen LogP contribution in [0.3, 0.4) is 0 Å². The van der Waals surface area contributed by atoms with Crippen molar-refractivity contribution in [3.63, 3.8) is 0 Å². The lowest BCUT2D eigenvalue weighted by molar-refractivity contribution is 0.120. The van der Waals surface area contributed by atoms with Crippen LogP contribution >= 0.6 is 289 Å². The maximum Gasteiger partial charge on any atom is 0.500 e. The Kier molecular flexibility index (Phi) is 31.7. The molecule has 16 rings (SSSR count). The minimum absolute atomic E-state index is 0.821. The third-order valence-electron chi connectivity index (χ3n) is 22.3. The van der Waals surface area contributed by atoms with E-state index in [0.29, 0.717) is 0 Å². The van der Waals surface area contributed by atoms with E-state index in [2.05, 4.69) is 129 Å². The Morgan fingerprint density at radius 3 is 0.859 bits per heavy atom. The molecule has 16 aliphatic rings. The van der Waals surface area contributed by atoms with Crippen molar-refractivity contribution in [1.29, 1.82) is 0 Å². The third kappa shape index (κ3) is 18.2. The molecule has 0 aromatic carbocycles. The van der Waals surface area contributed by atoms with Gasteiger partial charge >= 0.3 is 14.8 Å². The predicted molar refractivity (Wildman–Crippen MR) is 442 cm³/mol. The van der Waals surface area contributed by atoms with Gasteiger partial charge in [0.1, 0.15) is 0 Å². The van der Waals surface area contributed by atoms with Crippen LogP contribution in [0, 0.1) is 101 Å². The summed E-state index contributed by atoms with van der Waals surface area (Å²) in [7, 11) is 54.3. The minimum atomic E-state index is -2.41. The van der Waals surface area contributed by atoms with E-state index in [9.17, 15) is 0 Å². The minimum Gasteiger partial charge on any atom is -0.377 e. The first-order valence-corrected chi connectivity index (χ1v) is 69.3. The van der Waals surface area contributed by atoms with Gasteiger partial charge in [0, 0.05) is 79.9 Å². The van der Waals surface area contributed by atoms with Crippen LogP contribution in [-0.4, -0.2) is 88.6 Å². The van der Waals surface area contributed by atoms with Crippen LogP contribution in [0.15, 0.2) is 0 Å². The van der Waals surface area contributed by atoms with E-state index in [1.165, 1.54) is 57.8 Å². The van der Waals surface area contributed by atoms with Crippen LogP contribution in [0.4, 0.5) is 0 Å². The molecule has 10 bridgehead atoms. The Morgan fingerprint density at radius 1 is 0.306 bits per heavy atom. The van der Waals surface area contributed by atoms with Gasteiger partial charge in [0.05, 0.1) is 0 Å². The molecule has 0 spiro atoms. The fourth-order valence-corrected chi connectivity index (χ4v) is 80.3. The highest BCUT2D eigenvalue weighted by Gasteiger charge is 2.62. The Morgan fingerprint density at radius 2 is 0.576 bits per heavy atom. The lowest BCUT2D eigenvalue weighted by Crippen LogP contribution is -2.43. The summed E-state index contributed by atoms with van der Waals surface area (Å²) in [6.45, 7) is 7.17. The molecule has 26 unspecified atom stereocenters. The molecule has 85 heavy (non-hydrogen) atoms. The van der Waals surface area contributed by atoms with Crippen LogP contribution in [0.5, 0.6) is 0 Å². The van der Waals surface area contributed by atoms with Gasteiger partial charge in [-0.2, -0.15) is 0 Å². The SMILES string of the molecule is CC1CC2C(C1)C1CC2C2SSSSSC12.CCCC1CC2CC1C1SSSSSC21.CCCC1CC2CC1C1SSSSSC21.CO[Si](CCC1CC2CC1C1SSSSSC21)(OC)OC.Cl[Si](Cl)(Cl)CCC1CC2CC1C1SSSSSC21. The van der Waals surface area contributed by atoms with Crippen molar-refractivity contribution < 1.29 is 13.3 Å². The highest BCUT2D eigenvalue weighted by atomic mass is 35.8. The molecule has 0 amide bonds. The van der Waals surface area contributed by atoms with E-state index in [1.807, 2.05) is 147 Å². The van der Waals surface area contributed by atoms with E-state index in [4.69, 9.17) is 46.5 Å². The number of halogens is 3. The van der Waals surface area contributed by atoms with Crippen molar-refractivity contribution in [2.75, 3.05) is 21.3 Å². The smallest absolute Gasteiger partial charge is 0.377 e. The van der Waals surface area contributed by atoms with Gasteiger partial charge in [0.25, 0.3) is 0 Å². The van der Waals surface area contributed by atoms with Gasteiger partial charge in [0.15, 0.2) is 0 Å². The standard InChI is InChI=1S/C12H22O3S5Si.C11H16S5.2C10H16S5.C9H13Cl3S5Si/c1-13-21(14-2,15-3)5-4-8-6-9-7-10(8)12-11(9)16-18-20-19-17-12;1-5-2-6-7(3-5)9-4-8(6)10-11(9)13-15-16-14-12-10;2*1-2-3-6-4-7-5-8(6)10-9(7)11-13-15-14-12-10;10-18(11,12)2-1-5-3-6-4-7(5)9-8(6)13-15-17-16-14-9/h8-12H,4-7H2,1-3H3;5-11H,2-4H2,1H3;2*6-10H,2-5H2,1H3;5-9H,1-4H2. The maximum atomic E-state index is 6.03. The molecule has 3 nitrogen and oxygen atoms in total. The summed E-state index contributed by atoms with van der Waals surface area (Å²) < 4.78 is 16.7. The molecule has 0 aromatic rings. The van der Waals surface area contributed by atoms with E-state index in [-0.39, 0.29) is 0 Å². The van der Waals surface area contributed by atoms with Gasteiger partial charge in [-0.3, -0.25) is 0 Å². The number of fused-ring (bicyclic) bond motifs is 28. The number of rotatable bonds is 13. The Hall–Kier alpha value is 9.93. The molecule has 488 valence electrons. The van der Waals surface area contributed by atoms with E-state index in [0.717, 1.165) is 172 Å². The van der Waals surface area contributed by atoms with Crippen molar-refractivity contribution in [2.24, 2.45) is 101 Å². The molecule has 11 saturated carbocycles. The Balaban J connectivity index is 0.000000105. The fraction of sp³-hybridized carbons (Fsp3) is 1.00. The van der Waals surface area contributed by atoms with Gasteiger partial charge in [-0.1, -0.05) is 154 Å². The first kappa shape index (κ1) is 74.6. The quantitative estimate of drug-likeness (QED) is 0.0994. The third-order valence-corrected chi connectivity index (χ3v) is 76.4. The highest BCUT2D eigenvalue weighted by molar-refractivity contribution is 9.38. The zero-order chi connectivity index (χ0) is 58.8. The molecule has 0 radical (unpaired) electrons. The van der Waals surface area contributed by atoms with Crippen LogP contribution in [-0.2, 0) is 13.3 Å². The second-order valence-corrected chi connectivity index (χ2v) is 78.3.